The van der Waals surface area contributed by atoms with Gasteiger partial charge in [-0.1, -0.05) is 0 Å². The minimum absolute atomic E-state index is 0.155. The maximum atomic E-state index is 6.02. The standard InChI is InChI=1S/C22H36IO4S/c1-15-3-7-18(8-4-15)19-10-24-21(25-11-19)22-26-12-20(13-27-22)23-9-17-6-5-16(2)28-14-17/h3,16-22H,4-14H2,1-2H3/q-1. The van der Waals surface area contributed by atoms with Crippen LogP contribution in [0.3, 0.4) is 0 Å². The fraction of sp³-hybridized carbons (Fsp3) is 0.909. The third-order valence-corrected chi connectivity index (χ3v) is 11.7. The second-order valence-electron chi connectivity index (χ2n) is 8.91. The molecule has 162 valence electrons. The average molecular weight is 523 g/mol. The molecule has 4 rings (SSSR count). The van der Waals surface area contributed by atoms with E-state index in [1.807, 2.05) is 0 Å². The van der Waals surface area contributed by atoms with Crippen LogP contribution in [0.15, 0.2) is 11.6 Å². The molecular weight excluding hydrogens is 487 g/mol. The zero-order chi connectivity index (χ0) is 19.3. The summed E-state index contributed by atoms with van der Waals surface area (Å²) in [5.74, 6) is 3.51. The van der Waals surface area contributed by atoms with E-state index in [9.17, 15) is 0 Å². The van der Waals surface area contributed by atoms with Crippen molar-refractivity contribution in [1.29, 1.82) is 0 Å². The van der Waals surface area contributed by atoms with Crippen LogP contribution in [0.2, 0.25) is 0 Å². The molecule has 4 nitrogen and oxygen atoms in total. The molecule has 4 aliphatic rings. The van der Waals surface area contributed by atoms with Gasteiger partial charge in [-0.05, 0) is 6.92 Å². The van der Waals surface area contributed by atoms with Crippen molar-refractivity contribution >= 4 is 11.8 Å². The quantitative estimate of drug-likeness (QED) is 0.307. The molecule has 3 fully saturated rings. The Labute approximate surface area is 185 Å². The Morgan fingerprint density at radius 2 is 1.68 bits per heavy atom. The second kappa shape index (κ2) is 10.8. The van der Waals surface area contributed by atoms with Crippen molar-refractivity contribution in [3.63, 3.8) is 0 Å². The summed E-state index contributed by atoms with van der Waals surface area (Å²) in [6, 6.07) is 0. The molecule has 3 aliphatic heterocycles. The van der Waals surface area contributed by atoms with Crippen molar-refractivity contribution in [2.45, 2.75) is 67.7 Å². The molecule has 0 saturated carbocycles. The molecule has 0 bridgehead atoms. The Morgan fingerprint density at radius 1 is 0.964 bits per heavy atom. The van der Waals surface area contributed by atoms with Crippen LogP contribution in [-0.4, -0.2) is 58.4 Å². The summed E-state index contributed by atoms with van der Waals surface area (Å²) < 4.78 is 26.1. The van der Waals surface area contributed by atoms with E-state index in [0.29, 0.717) is 15.8 Å². The molecule has 0 radical (unpaired) electrons. The molecule has 0 aromatic rings. The Morgan fingerprint density at radius 3 is 2.29 bits per heavy atom. The van der Waals surface area contributed by atoms with Crippen LogP contribution in [0.25, 0.3) is 0 Å². The van der Waals surface area contributed by atoms with Gasteiger partial charge >= 0.3 is 179 Å². The third kappa shape index (κ3) is 6.10. The second-order valence-corrected chi connectivity index (χ2v) is 13.9. The third-order valence-electron chi connectivity index (χ3n) is 6.52. The normalized spacial score (nSPS) is 42.9. The van der Waals surface area contributed by atoms with E-state index >= 15 is 0 Å². The first-order valence-corrected chi connectivity index (χ1v) is 14.8. The average Bonchev–Trinajstić information content (AvgIpc) is 2.74. The topological polar surface area (TPSA) is 36.9 Å². The van der Waals surface area contributed by atoms with Crippen molar-refractivity contribution < 1.29 is 40.2 Å². The molecule has 0 aromatic carbocycles. The first-order valence-electron chi connectivity index (χ1n) is 11.0. The van der Waals surface area contributed by atoms with Crippen LogP contribution in [0.1, 0.15) is 46.0 Å². The molecule has 3 saturated heterocycles. The Hall–Kier alpha value is 0.660. The number of rotatable bonds is 5. The number of allylic oxidation sites excluding steroid dienone is 2. The van der Waals surface area contributed by atoms with Crippen LogP contribution < -0.4 is 21.2 Å². The van der Waals surface area contributed by atoms with Gasteiger partial charge in [-0.15, -0.1) is 0 Å². The molecular formula is C22H36IO4S-. The van der Waals surface area contributed by atoms with E-state index in [0.717, 1.165) is 37.6 Å². The molecule has 0 aromatic heterocycles. The number of halogens is 1. The first kappa shape index (κ1) is 21.9. The first-order chi connectivity index (χ1) is 13.7. The van der Waals surface area contributed by atoms with Gasteiger partial charge in [-0.3, -0.25) is 0 Å². The molecule has 0 amide bonds. The van der Waals surface area contributed by atoms with E-state index in [-0.39, 0.29) is 33.8 Å². The van der Waals surface area contributed by atoms with Gasteiger partial charge in [-0.25, -0.2) is 0 Å². The maximum absolute atomic E-state index is 6.02. The monoisotopic (exact) mass is 523 g/mol. The van der Waals surface area contributed by atoms with E-state index in [4.69, 9.17) is 18.9 Å². The van der Waals surface area contributed by atoms with Crippen molar-refractivity contribution in [2.75, 3.05) is 36.6 Å². The fourth-order valence-electron chi connectivity index (χ4n) is 4.43. The van der Waals surface area contributed by atoms with Gasteiger partial charge in [0.25, 0.3) is 0 Å². The molecule has 0 N–H and O–H groups in total. The summed E-state index contributed by atoms with van der Waals surface area (Å²) in [5.41, 5.74) is 1.53. The van der Waals surface area contributed by atoms with Crippen molar-refractivity contribution in [3.8, 4) is 0 Å². The Balaban J connectivity index is 1.12. The van der Waals surface area contributed by atoms with Crippen molar-refractivity contribution in [3.05, 3.63) is 11.6 Å². The van der Waals surface area contributed by atoms with Gasteiger partial charge in [0.2, 0.25) is 0 Å². The van der Waals surface area contributed by atoms with Gasteiger partial charge in [0.05, 0.1) is 0 Å². The molecule has 28 heavy (non-hydrogen) atoms. The molecule has 1 aliphatic carbocycles. The number of alkyl halides is 2. The van der Waals surface area contributed by atoms with E-state index in [1.54, 1.807) is 0 Å². The summed E-state index contributed by atoms with van der Waals surface area (Å²) in [5, 5.41) is 0.866. The van der Waals surface area contributed by atoms with Gasteiger partial charge in [0.15, 0.2) is 0 Å². The fourth-order valence-corrected chi connectivity index (χ4v) is 9.15. The minimum atomic E-state index is -0.340. The van der Waals surface area contributed by atoms with Gasteiger partial charge in [0, 0.05) is 0 Å². The predicted octanol–water partition coefficient (Wildman–Crippen LogP) is 1.08. The summed E-state index contributed by atoms with van der Waals surface area (Å²) in [6.07, 6.45) is 8.21. The zero-order valence-corrected chi connectivity index (χ0v) is 20.3. The summed E-state index contributed by atoms with van der Waals surface area (Å²) >= 11 is 2.32. The SMILES string of the molecule is CC1=CCC(C2COC(C3OCC([I-]CC4CCC(C)SC4)CO3)OC2)CC1. The van der Waals surface area contributed by atoms with Crippen LogP contribution >= 0.6 is 11.8 Å². The van der Waals surface area contributed by atoms with Gasteiger partial charge in [-0.2, -0.15) is 0 Å². The molecule has 6 heteroatoms. The Kier molecular flexibility index (Phi) is 8.44. The van der Waals surface area contributed by atoms with Crippen LogP contribution in [0, 0.1) is 17.8 Å². The molecule has 0 spiro atoms. The van der Waals surface area contributed by atoms with Crippen molar-refractivity contribution in [1.82, 2.24) is 0 Å². The molecule has 3 heterocycles. The van der Waals surface area contributed by atoms with Gasteiger partial charge in [0.1, 0.15) is 0 Å². The summed E-state index contributed by atoms with van der Waals surface area (Å²) in [7, 11) is 0. The van der Waals surface area contributed by atoms with E-state index < -0.39 is 0 Å². The van der Waals surface area contributed by atoms with E-state index in [2.05, 4.69) is 31.7 Å². The number of thioether (sulfide) groups is 1. The predicted molar refractivity (Wildman–Crippen MR) is 109 cm³/mol. The Bertz CT molecular complexity index is 507. The molecule has 3 atom stereocenters. The van der Waals surface area contributed by atoms with Crippen molar-refractivity contribution in [2.24, 2.45) is 17.8 Å². The summed E-state index contributed by atoms with van der Waals surface area (Å²) in [4.78, 5) is 0. The van der Waals surface area contributed by atoms with Crippen LogP contribution in [0.4, 0.5) is 0 Å². The zero-order valence-electron chi connectivity index (χ0n) is 17.3. The van der Waals surface area contributed by atoms with Gasteiger partial charge < -0.3 is 0 Å². The van der Waals surface area contributed by atoms with E-state index in [1.165, 1.54) is 47.9 Å². The summed E-state index contributed by atoms with van der Waals surface area (Å²) in [6.45, 7) is 7.81. The van der Waals surface area contributed by atoms with Crippen LogP contribution in [0.5, 0.6) is 0 Å². The number of ether oxygens (including phenoxy) is 4. The van der Waals surface area contributed by atoms with Crippen LogP contribution in [-0.2, 0) is 18.9 Å². The number of hydrogen-bond donors (Lipinski definition) is 0. The molecule has 3 unspecified atom stereocenters. The number of hydrogen-bond acceptors (Lipinski definition) is 5.